The highest BCUT2D eigenvalue weighted by Gasteiger charge is 2.32. The molecule has 1 amide bonds. The molecule has 7 heteroatoms. The highest BCUT2D eigenvalue weighted by molar-refractivity contribution is 7.90. The van der Waals surface area contributed by atoms with Gasteiger partial charge in [-0.2, -0.15) is 0 Å². The van der Waals surface area contributed by atoms with Crippen LogP contribution in [-0.2, 0) is 14.8 Å². The van der Waals surface area contributed by atoms with Crippen molar-refractivity contribution in [1.82, 2.24) is 9.62 Å². The van der Waals surface area contributed by atoms with Crippen molar-refractivity contribution in [2.45, 2.75) is 38.0 Å². The van der Waals surface area contributed by atoms with Crippen molar-refractivity contribution >= 4 is 16.1 Å². The molecular weight excluding hydrogens is 316 g/mol. The normalized spacial score (nSPS) is 17.7. The van der Waals surface area contributed by atoms with E-state index in [0.717, 1.165) is 5.56 Å². The Balaban J connectivity index is 1.93. The van der Waals surface area contributed by atoms with Gasteiger partial charge in [0.2, 0.25) is 10.0 Å². The standard InChI is InChI=1S/C16H24N2O4S/c1-3-22-16(19)18-11-9-15(10-12-18)23(20,21)17-13(2)14-7-5-4-6-8-14/h4-8,13,15,17H,3,9-12H2,1-2H3. The number of benzene rings is 1. The van der Waals surface area contributed by atoms with E-state index in [1.54, 1.807) is 11.8 Å². The number of piperidine rings is 1. The van der Waals surface area contributed by atoms with E-state index in [4.69, 9.17) is 4.74 Å². The average Bonchev–Trinajstić information content (AvgIpc) is 2.55. The van der Waals surface area contributed by atoms with Crippen LogP contribution in [0.2, 0.25) is 0 Å². The second-order valence-corrected chi connectivity index (χ2v) is 7.67. The smallest absolute Gasteiger partial charge is 0.409 e. The van der Waals surface area contributed by atoms with Crippen molar-refractivity contribution < 1.29 is 17.9 Å². The molecule has 1 unspecified atom stereocenters. The fraction of sp³-hybridized carbons (Fsp3) is 0.562. The van der Waals surface area contributed by atoms with Crippen molar-refractivity contribution in [3.63, 3.8) is 0 Å². The molecule has 6 nitrogen and oxygen atoms in total. The lowest BCUT2D eigenvalue weighted by Gasteiger charge is -2.31. The SMILES string of the molecule is CCOC(=O)N1CCC(S(=O)(=O)NC(C)c2ccccc2)CC1. The molecule has 1 fully saturated rings. The maximum Gasteiger partial charge on any atom is 0.409 e. The molecule has 128 valence electrons. The summed E-state index contributed by atoms with van der Waals surface area (Å²) >= 11 is 0. The Bertz CT molecular complexity index is 610. The Kier molecular flexibility index (Phi) is 6.01. The Morgan fingerprint density at radius 2 is 1.91 bits per heavy atom. The van der Waals surface area contributed by atoms with E-state index in [1.807, 2.05) is 37.3 Å². The van der Waals surface area contributed by atoms with Crippen LogP contribution in [0.4, 0.5) is 4.79 Å². The second-order valence-electron chi connectivity index (χ2n) is 5.68. The lowest BCUT2D eigenvalue weighted by Crippen LogP contribution is -2.46. The fourth-order valence-corrected chi connectivity index (χ4v) is 4.37. The molecule has 0 aliphatic carbocycles. The molecule has 1 heterocycles. The first kappa shape index (κ1) is 17.7. The predicted octanol–water partition coefficient (Wildman–Crippen LogP) is 2.29. The Morgan fingerprint density at radius 3 is 2.48 bits per heavy atom. The maximum atomic E-state index is 12.5. The third-order valence-corrected chi connectivity index (χ3v) is 6.08. The first-order valence-corrected chi connectivity index (χ1v) is 9.46. The molecule has 1 aromatic carbocycles. The number of nitrogens with one attached hydrogen (secondary N) is 1. The highest BCUT2D eigenvalue weighted by Crippen LogP contribution is 2.21. The van der Waals surface area contributed by atoms with Crippen molar-refractivity contribution in [3.8, 4) is 0 Å². The van der Waals surface area contributed by atoms with Crippen molar-refractivity contribution in [3.05, 3.63) is 35.9 Å². The topological polar surface area (TPSA) is 75.7 Å². The molecule has 1 atom stereocenters. The van der Waals surface area contributed by atoms with E-state index in [2.05, 4.69) is 4.72 Å². The van der Waals surface area contributed by atoms with Crippen LogP contribution in [0.25, 0.3) is 0 Å². The minimum Gasteiger partial charge on any atom is -0.450 e. The fourth-order valence-electron chi connectivity index (χ4n) is 2.72. The molecule has 1 aromatic rings. The summed E-state index contributed by atoms with van der Waals surface area (Å²) in [4.78, 5) is 13.2. The molecule has 0 spiro atoms. The number of likely N-dealkylation sites (tertiary alicyclic amines) is 1. The number of ether oxygens (including phenoxy) is 1. The van der Waals surface area contributed by atoms with Crippen LogP contribution in [0.15, 0.2) is 30.3 Å². The Hall–Kier alpha value is -1.60. The Labute approximate surface area is 137 Å². The zero-order chi connectivity index (χ0) is 16.9. The number of sulfonamides is 1. The van der Waals surface area contributed by atoms with Gasteiger partial charge in [-0.05, 0) is 32.3 Å². The summed E-state index contributed by atoms with van der Waals surface area (Å²) in [5, 5.41) is -0.473. The lowest BCUT2D eigenvalue weighted by atomic mass is 10.1. The van der Waals surface area contributed by atoms with E-state index in [0.29, 0.717) is 32.5 Å². The Morgan fingerprint density at radius 1 is 1.30 bits per heavy atom. The number of carbonyl (C=O) groups excluding carboxylic acids is 1. The zero-order valence-electron chi connectivity index (χ0n) is 13.6. The lowest BCUT2D eigenvalue weighted by molar-refractivity contribution is 0.1000. The molecule has 2 rings (SSSR count). The van der Waals surface area contributed by atoms with Gasteiger partial charge in [-0.1, -0.05) is 30.3 Å². The molecule has 0 aromatic heterocycles. The van der Waals surface area contributed by atoms with Crippen LogP contribution in [0.3, 0.4) is 0 Å². The van der Waals surface area contributed by atoms with Crippen LogP contribution in [-0.4, -0.2) is 44.4 Å². The van der Waals surface area contributed by atoms with Gasteiger partial charge < -0.3 is 9.64 Å². The molecule has 1 aliphatic heterocycles. The first-order valence-electron chi connectivity index (χ1n) is 7.92. The average molecular weight is 340 g/mol. The third-order valence-electron chi connectivity index (χ3n) is 4.05. The van der Waals surface area contributed by atoms with Gasteiger partial charge in [-0.25, -0.2) is 17.9 Å². The van der Waals surface area contributed by atoms with Crippen LogP contribution in [0, 0.1) is 0 Å². The largest absolute Gasteiger partial charge is 0.450 e. The van der Waals surface area contributed by atoms with Crippen molar-refractivity contribution in [1.29, 1.82) is 0 Å². The summed E-state index contributed by atoms with van der Waals surface area (Å²) in [5.74, 6) is 0. The van der Waals surface area contributed by atoms with Gasteiger partial charge in [-0.3, -0.25) is 0 Å². The molecule has 1 saturated heterocycles. The van der Waals surface area contributed by atoms with Gasteiger partial charge in [0.25, 0.3) is 0 Å². The van der Waals surface area contributed by atoms with E-state index in [1.165, 1.54) is 0 Å². The molecule has 0 radical (unpaired) electrons. The van der Waals surface area contributed by atoms with Gasteiger partial charge >= 0.3 is 6.09 Å². The summed E-state index contributed by atoms with van der Waals surface area (Å²) in [6, 6.07) is 9.20. The molecule has 0 saturated carbocycles. The summed E-state index contributed by atoms with van der Waals surface area (Å²) in [6.07, 6.45) is 0.486. The number of hydrogen-bond acceptors (Lipinski definition) is 4. The summed E-state index contributed by atoms with van der Waals surface area (Å²) in [6.45, 7) is 4.73. The number of nitrogens with zero attached hydrogens (tertiary/aromatic N) is 1. The van der Waals surface area contributed by atoms with Gasteiger partial charge in [0.05, 0.1) is 11.9 Å². The molecular formula is C16H24N2O4S. The molecule has 1 N–H and O–H groups in total. The third kappa shape index (κ3) is 4.68. The van der Waals surface area contributed by atoms with Gasteiger partial charge in [0.15, 0.2) is 0 Å². The van der Waals surface area contributed by atoms with E-state index >= 15 is 0 Å². The van der Waals surface area contributed by atoms with Gasteiger partial charge in [0.1, 0.15) is 0 Å². The van der Waals surface area contributed by atoms with Gasteiger partial charge in [-0.15, -0.1) is 0 Å². The van der Waals surface area contributed by atoms with E-state index in [-0.39, 0.29) is 12.1 Å². The summed E-state index contributed by atoms with van der Waals surface area (Å²) in [7, 11) is -3.42. The second kappa shape index (κ2) is 7.79. The number of carbonyl (C=O) groups is 1. The molecule has 23 heavy (non-hydrogen) atoms. The van der Waals surface area contributed by atoms with Crippen LogP contribution in [0.1, 0.15) is 38.3 Å². The zero-order valence-corrected chi connectivity index (χ0v) is 14.4. The minimum atomic E-state index is -3.42. The predicted molar refractivity (Wildman–Crippen MR) is 88.5 cm³/mol. The highest BCUT2D eigenvalue weighted by atomic mass is 32.2. The maximum absolute atomic E-state index is 12.5. The minimum absolute atomic E-state index is 0.274. The van der Waals surface area contributed by atoms with E-state index < -0.39 is 15.3 Å². The monoisotopic (exact) mass is 340 g/mol. The summed E-state index contributed by atoms with van der Waals surface area (Å²) < 4.78 is 32.7. The van der Waals surface area contributed by atoms with Gasteiger partial charge in [0, 0.05) is 19.1 Å². The number of rotatable bonds is 5. The number of amides is 1. The van der Waals surface area contributed by atoms with Crippen molar-refractivity contribution in [2.75, 3.05) is 19.7 Å². The van der Waals surface area contributed by atoms with E-state index in [9.17, 15) is 13.2 Å². The summed E-state index contributed by atoms with van der Waals surface area (Å²) in [5.41, 5.74) is 0.931. The van der Waals surface area contributed by atoms with Crippen molar-refractivity contribution in [2.24, 2.45) is 0 Å². The first-order chi connectivity index (χ1) is 10.9. The van der Waals surface area contributed by atoms with Crippen LogP contribution >= 0.6 is 0 Å². The van der Waals surface area contributed by atoms with Crippen LogP contribution in [0.5, 0.6) is 0 Å². The van der Waals surface area contributed by atoms with Crippen LogP contribution < -0.4 is 4.72 Å². The molecule has 1 aliphatic rings. The number of hydrogen-bond donors (Lipinski definition) is 1. The molecule has 0 bridgehead atoms. The quantitative estimate of drug-likeness (QED) is 0.892.